The first-order chi connectivity index (χ1) is 14.9. The van der Waals surface area contributed by atoms with E-state index in [1.165, 1.54) is 0 Å². The number of aromatic nitrogens is 2. The Bertz CT molecular complexity index is 1080. The van der Waals surface area contributed by atoms with Crippen LogP contribution in [-0.2, 0) is 22.4 Å². The molecule has 6 nitrogen and oxygen atoms in total. The van der Waals surface area contributed by atoms with E-state index in [1.807, 2.05) is 49.9 Å². The molecule has 1 fully saturated rings. The fraction of sp³-hybridized carbons (Fsp3) is 0.375. The highest BCUT2D eigenvalue weighted by molar-refractivity contribution is 6.31. The van der Waals surface area contributed by atoms with Gasteiger partial charge < -0.3 is 14.2 Å². The van der Waals surface area contributed by atoms with E-state index in [4.69, 9.17) is 25.8 Å². The Morgan fingerprint density at radius 1 is 1.23 bits per heavy atom. The fourth-order valence-electron chi connectivity index (χ4n) is 3.97. The van der Waals surface area contributed by atoms with Gasteiger partial charge in [-0.15, -0.1) is 0 Å². The average Bonchev–Trinajstić information content (AvgIpc) is 3.07. The standard InChI is InChI=1S/C24H26ClN3O3/c1-15-10-18(11-19-6-4-5-7-21(19)25)12-22(26-15)23-14-28(8-9-30-23)24(29)13-20-16(2)27-31-17(20)3/h4-7,10,12,23H,8-9,11,13-14H2,1-3H3/t23-/m0/s1. The van der Waals surface area contributed by atoms with Crippen LogP contribution in [0.5, 0.6) is 0 Å². The number of benzene rings is 1. The summed E-state index contributed by atoms with van der Waals surface area (Å²) in [5.74, 6) is 0.742. The SMILES string of the molecule is Cc1cc(Cc2ccccc2Cl)cc([C@@H]2CN(C(=O)Cc3c(C)noc3C)CCO2)n1. The molecule has 31 heavy (non-hydrogen) atoms. The van der Waals surface area contributed by atoms with Crippen LogP contribution in [0, 0.1) is 20.8 Å². The van der Waals surface area contributed by atoms with Crippen molar-refractivity contribution in [3.8, 4) is 0 Å². The van der Waals surface area contributed by atoms with Crippen molar-refractivity contribution in [3.63, 3.8) is 0 Å². The van der Waals surface area contributed by atoms with Crippen molar-refractivity contribution in [3.05, 3.63) is 81.0 Å². The maximum atomic E-state index is 12.9. The number of pyridine rings is 1. The molecular formula is C24H26ClN3O3. The van der Waals surface area contributed by atoms with Gasteiger partial charge in [0.1, 0.15) is 11.9 Å². The van der Waals surface area contributed by atoms with Gasteiger partial charge in [0, 0.05) is 22.8 Å². The molecule has 0 bridgehead atoms. The summed E-state index contributed by atoms with van der Waals surface area (Å²) in [5, 5.41) is 4.70. The fourth-order valence-corrected chi connectivity index (χ4v) is 4.17. The van der Waals surface area contributed by atoms with Crippen molar-refractivity contribution in [2.45, 2.75) is 39.7 Å². The molecule has 2 aromatic heterocycles. The van der Waals surface area contributed by atoms with Gasteiger partial charge in [-0.05, 0) is 56.5 Å². The van der Waals surface area contributed by atoms with E-state index in [1.54, 1.807) is 0 Å². The minimum Gasteiger partial charge on any atom is -0.368 e. The van der Waals surface area contributed by atoms with Crippen molar-refractivity contribution in [1.82, 2.24) is 15.0 Å². The molecule has 1 saturated heterocycles. The summed E-state index contributed by atoms with van der Waals surface area (Å²) in [4.78, 5) is 19.5. The summed E-state index contributed by atoms with van der Waals surface area (Å²) in [5.41, 5.74) is 5.59. The lowest BCUT2D eigenvalue weighted by molar-refractivity contribution is -0.138. The lowest BCUT2D eigenvalue weighted by Gasteiger charge is -2.33. The number of ether oxygens (including phenoxy) is 1. The molecule has 0 N–H and O–H groups in total. The normalized spacial score (nSPS) is 16.5. The van der Waals surface area contributed by atoms with Gasteiger partial charge in [0.15, 0.2) is 0 Å². The second kappa shape index (κ2) is 9.20. The zero-order chi connectivity index (χ0) is 22.0. The number of hydrogen-bond donors (Lipinski definition) is 0. The van der Waals surface area contributed by atoms with Crippen molar-refractivity contribution < 1.29 is 14.1 Å². The number of amides is 1. The molecule has 0 saturated carbocycles. The monoisotopic (exact) mass is 439 g/mol. The van der Waals surface area contributed by atoms with Gasteiger partial charge >= 0.3 is 0 Å². The van der Waals surface area contributed by atoms with E-state index < -0.39 is 0 Å². The summed E-state index contributed by atoms with van der Waals surface area (Å²) in [6.45, 7) is 7.19. The number of aryl methyl sites for hydroxylation is 3. The van der Waals surface area contributed by atoms with Crippen molar-refractivity contribution in [2.24, 2.45) is 0 Å². The second-order valence-corrected chi connectivity index (χ2v) is 8.40. The molecule has 0 unspecified atom stereocenters. The second-order valence-electron chi connectivity index (χ2n) is 7.99. The summed E-state index contributed by atoms with van der Waals surface area (Å²) < 4.78 is 11.2. The summed E-state index contributed by atoms with van der Waals surface area (Å²) in [7, 11) is 0. The summed E-state index contributed by atoms with van der Waals surface area (Å²) >= 11 is 6.34. The van der Waals surface area contributed by atoms with Gasteiger partial charge in [-0.3, -0.25) is 9.78 Å². The van der Waals surface area contributed by atoms with E-state index in [-0.39, 0.29) is 18.4 Å². The Morgan fingerprint density at radius 2 is 2.03 bits per heavy atom. The van der Waals surface area contributed by atoms with Crippen molar-refractivity contribution >= 4 is 17.5 Å². The number of rotatable bonds is 5. The molecule has 4 rings (SSSR count). The molecule has 1 aliphatic rings. The molecule has 0 spiro atoms. The molecule has 162 valence electrons. The highest BCUT2D eigenvalue weighted by Gasteiger charge is 2.28. The van der Waals surface area contributed by atoms with E-state index >= 15 is 0 Å². The molecular weight excluding hydrogens is 414 g/mol. The topological polar surface area (TPSA) is 68.5 Å². The minimum atomic E-state index is -0.257. The third-order valence-corrected chi connectivity index (χ3v) is 6.01. The largest absolute Gasteiger partial charge is 0.368 e. The van der Waals surface area contributed by atoms with Gasteiger partial charge in [0.2, 0.25) is 5.91 Å². The third kappa shape index (κ3) is 4.97. The molecule has 7 heteroatoms. The Balaban J connectivity index is 1.49. The molecule has 1 aliphatic heterocycles. The van der Waals surface area contributed by atoms with Crippen LogP contribution in [0.15, 0.2) is 40.9 Å². The van der Waals surface area contributed by atoms with Gasteiger partial charge in [0.25, 0.3) is 0 Å². The smallest absolute Gasteiger partial charge is 0.227 e. The molecule has 0 aliphatic carbocycles. The van der Waals surface area contributed by atoms with Crippen LogP contribution in [0.25, 0.3) is 0 Å². The van der Waals surface area contributed by atoms with Crippen LogP contribution >= 0.6 is 11.6 Å². The summed E-state index contributed by atoms with van der Waals surface area (Å²) in [6.07, 6.45) is 0.747. The van der Waals surface area contributed by atoms with Crippen LogP contribution in [0.4, 0.5) is 0 Å². The Kier molecular flexibility index (Phi) is 6.39. The number of nitrogens with zero attached hydrogens (tertiary/aromatic N) is 3. The van der Waals surface area contributed by atoms with Gasteiger partial charge in [0.05, 0.1) is 31.0 Å². The van der Waals surface area contributed by atoms with E-state index in [0.29, 0.717) is 25.5 Å². The van der Waals surface area contributed by atoms with Gasteiger partial charge in [-0.1, -0.05) is 35.0 Å². The first-order valence-corrected chi connectivity index (χ1v) is 10.8. The van der Waals surface area contributed by atoms with Crippen LogP contribution in [0.2, 0.25) is 5.02 Å². The minimum absolute atomic E-state index is 0.0478. The predicted molar refractivity (Wildman–Crippen MR) is 118 cm³/mol. The number of carbonyl (C=O) groups is 1. The Labute approximate surface area is 187 Å². The lowest BCUT2D eigenvalue weighted by atomic mass is 10.0. The summed E-state index contributed by atoms with van der Waals surface area (Å²) in [6, 6.07) is 12.0. The van der Waals surface area contributed by atoms with Crippen molar-refractivity contribution in [2.75, 3.05) is 19.7 Å². The van der Waals surface area contributed by atoms with E-state index in [0.717, 1.165) is 45.2 Å². The molecule has 0 radical (unpaired) electrons. The van der Waals surface area contributed by atoms with E-state index in [2.05, 4.69) is 17.3 Å². The highest BCUT2D eigenvalue weighted by atomic mass is 35.5. The molecule has 1 atom stereocenters. The number of hydrogen-bond acceptors (Lipinski definition) is 5. The molecule has 3 aromatic rings. The van der Waals surface area contributed by atoms with Crippen molar-refractivity contribution in [1.29, 1.82) is 0 Å². The van der Waals surface area contributed by atoms with Crippen LogP contribution in [-0.4, -0.2) is 40.6 Å². The zero-order valence-electron chi connectivity index (χ0n) is 18.0. The Morgan fingerprint density at radius 3 is 2.77 bits per heavy atom. The average molecular weight is 440 g/mol. The maximum Gasteiger partial charge on any atom is 0.227 e. The zero-order valence-corrected chi connectivity index (χ0v) is 18.8. The highest BCUT2D eigenvalue weighted by Crippen LogP contribution is 2.25. The van der Waals surface area contributed by atoms with E-state index in [9.17, 15) is 4.79 Å². The molecule has 3 heterocycles. The van der Waals surface area contributed by atoms with Crippen LogP contribution in [0.3, 0.4) is 0 Å². The maximum absolute atomic E-state index is 12.9. The van der Waals surface area contributed by atoms with Crippen LogP contribution in [0.1, 0.15) is 45.6 Å². The first-order valence-electron chi connectivity index (χ1n) is 10.4. The molecule has 1 amide bonds. The Hall–Kier alpha value is -2.70. The lowest BCUT2D eigenvalue weighted by Crippen LogP contribution is -2.43. The molecule has 1 aromatic carbocycles. The number of carbonyl (C=O) groups excluding carboxylic acids is 1. The first kappa shape index (κ1) is 21.5. The predicted octanol–water partition coefficient (Wildman–Crippen LogP) is 4.38. The number of morpholine rings is 1. The third-order valence-electron chi connectivity index (χ3n) is 5.64. The quantitative estimate of drug-likeness (QED) is 0.590. The van der Waals surface area contributed by atoms with Gasteiger partial charge in [-0.2, -0.15) is 0 Å². The van der Waals surface area contributed by atoms with Gasteiger partial charge in [-0.25, -0.2) is 0 Å². The number of halogens is 1. The van der Waals surface area contributed by atoms with Crippen LogP contribution < -0.4 is 0 Å².